The summed E-state index contributed by atoms with van der Waals surface area (Å²) in [5.41, 5.74) is 0.613. The van der Waals surface area contributed by atoms with E-state index in [0.29, 0.717) is 30.1 Å². The molecule has 0 bridgehead atoms. The topological polar surface area (TPSA) is 82.7 Å². The Morgan fingerprint density at radius 3 is 2.96 bits per heavy atom. The van der Waals surface area contributed by atoms with Crippen LogP contribution in [0.1, 0.15) is 43.0 Å². The van der Waals surface area contributed by atoms with Crippen molar-refractivity contribution in [1.82, 2.24) is 10.2 Å². The predicted molar refractivity (Wildman–Crippen MR) is 81.5 cm³/mol. The first-order chi connectivity index (χ1) is 11.2. The second-order valence-electron chi connectivity index (χ2n) is 6.23. The number of hydrogen-bond donors (Lipinski definition) is 1. The van der Waals surface area contributed by atoms with Crippen LogP contribution in [0.25, 0.3) is 0 Å². The van der Waals surface area contributed by atoms with Crippen molar-refractivity contribution in [2.45, 2.75) is 38.7 Å². The molecule has 2 saturated heterocycles. The number of hydrogen-bond acceptors (Lipinski definition) is 6. The predicted octanol–water partition coefficient (Wildman–Crippen LogP) is 1.94. The molecule has 3 rings (SSSR count). The van der Waals surface area contributed by atoms with Crippen LogP contribution in [0.5, 0.6) is 5.88 Å². The number of ether oxygens (including phenoxy) is 4. The number of carbonyl (C=O) groups is 1. The molecule has 2 fully saturated rings. The van der Waals surface area contributed by atoms with Gasteiger partial charge in [0, 0.05) is 13.2 Å². The van der Waals surface area contributed by atoms with E-state index in [1.807, 2.05) is 0 Å². The number of H-pyrrole nitrogens is 1. The Morgan fingerprint density at radius 2 is 2.26 bits per heavy atom. The average Bonchev–Trinajstić information content (AvgIpc) is 3.04. The normalized spacial score (nSPS) is 23.6. The zero-order valence-electron chi connectivity index (χ0n) is 13.5. The third-order valence-corrected chi connectivity index (χ3v) is 4.69. The van der Waals surface area contributed by atoms with Crippen LogP contribution in [0.2, 0.25) is 0 Å². The molecule has 0 amide bonds. The number of aromatic amines is 1. The fourth-order valence-electron chi connectivity index (χ4n) is 3.16. The molecule has 1 unspecified atom stereocenters. The third-order valence-electron chi connectivity index (χ3n) is 4.69. The van der Waals surface area contributed by atoms with Gasteiger partial charge in [0.1, 0.15) is 12.2 Å². The maximum absolute atomic E-state index is 11.8. The number of rotatable bonds is 5. The third kappa shape index (κ3) is 3.84. The molecule has 0 aromatic carbocycles. The van der Waals surface area contributed by atoms with Crippen LogP contribution in [0.4, 0.5) is 0 Å². The Kier molecular flexibility index (Phi) is 5.17. The monoisotopic (exact) mass is 324 g/mol. The number of nitrogens with one attached hydrogen (secondary N) is 1. The highest BCUT2D eigenvalue weighted by atomic mass is 16.5. The number of esters is 1. The number of carbonyl (C=O) groups excluding carboxylic acids is 1. The number of nitrogens with zero attached hydrogens (tertiary/aromatic N) is 1. The summed E-state index contributed by atoms with van der Waals surface area (Å²) in [6.45, 7) is 4.92. The summed E-state index contributed by atoms with van der Waals surface area (Å²) in [6.07, 6.45) is 5.72. The summed E-state index contributed by atoms with van der Waals surface area (Å²) in [6, 6.07) is 0. The van der Waals surface area contributed by atoms with E-state index >= 15 is 0 Å². The molecule has 7 nitrogen and oxygen atoms in total. The Labute approximate surface area is 135 Å². The smallest absolute Gasteiger partial charge is 0.345 e. The summed E-state index contributed by atoms with van der Waals surface area (Å²) in [4.78, 5) is 11.8. The largest absolute Gasteiger partial charge is 0.475 e. The van der Waals surface area contributed by atoms with Crippen LogP contribution < -0.4 is 4.74 Å². The fraction of sp³-hybridized carbons (Fsp3) is 0.750. The van der Waals surface area contributed by atoms with Gasteiger partial charge in [-0.2, -0.15) is 5.10 Å². The van der Waals surface area contributed by atoms with E-state index in [4.69, 9.17) is 18.9 Å². The molecule has 0 aliphatic carbocycles. The molecule has 1 aromatic heterocycles. The van der Waals surface area contributed by atoms with Gasteiger partial charge in [-0.3, -0.25) is 0 Å². The summed E-state index contributed by atoms with van der Waals surface area (Å²) < 4.78 is 22.1. The van der Waals surface area contributed by atoms with Crippen molar-refractivity contribution in [3.8, 4) is 5.88 Å². The highest BCUT2D eigenvalue weighted by Gasteiger charge is 2.37. The summed E-state index contributed by atoms with van der Waals surface area (Å²) in [5, 5.41) is 6.55. The van der Waals surface area contributed by atoms with E-state index in [2.05, 4.69) is 10.2 Å². The standard InChI is InChI=1S/C16H24N2O5/c1-2-21-15(19)13-9-17-18-14(13)22-10-12-3-4-16(11-23-12)5-7-20-8-6-16/h9,12H,2-8,10-11H2,1H3,(H,17,18). The molecule has 7 heteroatoms. The van der Waals surface area contributed by atoms with E-state index in [-0.39, 0.29) is 6.10 Å². The SMILES string of the molecule is CCOC(=O)c1cn[nH]c1OCC1CCC2(CCOCC2)CO1. The van der Waals surface area contributed by atoms with Crippen LogP contribution in [-0.2, 0) is 14.2 Å². The van der Waals surface area contributed by atoms with Gasteiger partial charge in [-0.25, -0.2) is 9.89 Å². The summed E-state index contributed by atoms with van der Waals surface area (Å²) in [7, 11) is 0. The van der Waals surface area contributed by atoms with Gasteiger partial charge in [-0.05, 0) is 38.0 Å². The van der Waals surface area contributed by atoms with Crippen LogP contribution in [-0.4, -0.2) is 55.3 Å². The van der Waals surface area contributed by atoms with E-state index < -0.39 is 5.97 Å². The van der Waals surface area contributed by atoms with Crippen molar-refractivity contribution in [3.63, 3.8) is 0 Å². The first-order valence-electron chi connectivity index (χ1n) is 8.25. The minimum Gasteiger partial charge on any atom is -0.475 e. The van der Waals surface area contributed by atoms with Crippen molar-refractivity contribution in [3.05, 3.63) is 11.8 Å². The Bertz CT molecular complexity index is 514. The van der Waals surface area contributed by atoms with Gasteiger partial charge in [-0.1, -0.05) is 0 Å². The van der Waals surface area contributed by atoms with E-state index in [9.17, 15) is 4.79 Å². The molecule has 3 heterocycles. The van der Waals surface area contributed by atoms with Gasteiger partial charge < -0.3 is 18.9 Å². The van der Waals surface area contributed by atoms with Crippen molar-refractivity contribution in [2.24, 2.45) is 5.41 Å². The summed E-state index contributed by atoms with van der Waals surface area (Å²) >= 11 is 0. The molecule has 1 spiro atoms. The fourth-order valence-corrected chi connectivity index (χ4v) is 3.16. The van der Waals surface area contributed by atoms with Crippen LogP contribution >= 0.6 is 0 Å². The lowest BCUT2D eigenvalue weighted by atomic mass is 9.75. The van der Waals surface area contributed by atoms with Crippen molar-refractivity contribution in [1.29, 1.82) is 0 Å². The van der Waals surface area contributed by atoms with Crippen molar-refractivity contribution < 1.29 is 23.7 Å². The lowest BCUT2D eigenvalue weighted by molar-refractivity contribution is -0.114. The Balaban J connectivity index is 1.48. The van der Waals surface area contributed by atoms with Crippen molar-refractivity contribution >= 4 is 5.97 Å². The highest BCUT2D eigenvalue weighted by molar-refractivity contribution is 5.91. The molecular formula is C16H24N2O5. The van der Waals surface area contributed by atoms with E-state index in [1.165, 1.54) is 6.20 Å². The molecule has 0 radical (unpaired) electrons. The van der Waals surface area contributed by atoms with E-state index in [1.54, 1.807) is 6.92 Å². The molecule has 1 N–H and O–H groups in total. The molecule has 1 aromatic rings. The quantitative estimate of drug-likeness (QED) is 0.834. The molecule has 0 saturated carbocycles. The van der Waals surface area contributed by atoms with E-state index in [0.717, 1.165) is 45.5 Å². The van der Waals surface area contributed by atoms with Gasteiger partial charge in [0.25, 0.3) is 0 Å². The first kappa shape index (κ1) is 16.3. The van der Waals surface area contributed by atoms with Crippen LogP contribution in [0.3, 0.4) is 0 Å². The minimum atomic E-state index is -0.429. The maximum atomic E-state index is 11.8. The lowest BCUT2D eigenvalue weighted by Crippen LogP contribution is -2.41. The number of aromatic nitrogens is 2. The van der Waals surface area contributed by atoms with Crippen molar-refractivity contribution in [2.75, 3.05) is 33.0 Å². The Hall–Kier alpha value is -1.60. The molecular weight excluding hydrogens is 300 g/mol. The molecule has 2 aliphatic rings. The maximum Gasteiger partial charge on any atom is 0.345 e. The van der Waals surface area contributed by atoms with Crippen LogP contribution in [0, 0.1) is 5.41 Å². The van der Waals surface area contributed by atoms with Gasteiger partial charge in [0.2, 0.25) is 5.88 Å². The summed E-state index contributed by atoms with van der Waals surface area (Å²) in [5.74, 6) is -0.0830. The Morgan fingerprint density at radius 1 is 1.43 bits per heavy atom. The van der Waals surface area contributed by atoms with Crippen LogP contribution in [0.15, 0.2) is 6.20 Å². The average molecular weight is 324 g/mol. The van der Waals surface area contributed by atoms with Gasteiger partial charge >= 0.3 is 5.97 Å². The molecule has 128 valence electrons. The highest BCUT2D eigenvalue weighted by Crippen LogP contribution is 2.39. The second kappa shape index (κ2) is 7.31. The molecule has 1 atom stereocenters. The zero-order chi connectivity index (χ0) is 16.1. The molecule has 2 aliphatic heterocycles. The van der Waals surface area contributed by atoms with Gasteiger partial charge in [0.05, 0.1) is 25.5 Å². The van der Waals surface area contributed by atoms with Gasteiger partial charge in [0.15, 0.2) is 0 Å². The van der Waals surface area contributed by atoms with Gasteiger partial charge in [-0.15, -0.1) is 0 Å². The lowest BCUT2D eigenvalue weighted by Gasteiger charge is -2.42. The zero-order valence-corrected chi connectivity index (χ0v) is 13.5. The molecule has 23 heavy (non-hydrogen) atoms. The minimum absolute atomic E-state index is 0.0433. The first-order valence-corrected chi connectivity index (χ1v) is 8.25. The second-order valence-corrected chi connectivity index (χ2v) is 6.23.